The van der Waals surface area contributed by atoms with Crippen LogP contribution >= 0.6 is 0 Å². The summed E-state index contributed by atoms with van der Waals surface area (Å²) in [6.45, 7) is 8.63. The normalized spacial score (nSPS) is 27.8. The molecule has 2 N–H and O–H groups in total. The van der Waals surface area contributed by atoms with Gasteiger partial charge in [-0.1, -0.05) is 63.3 Å². The summed E-state index contributed by atoms with van der Waals surface area (Å²) in [5, 5.41) is 6.41. The molecule has 2 fully saturated rings. The molecule has 7 heteroatoms. The van der Waals surface area contributed by atoms with E-state index in [1.54, 1.807) is 0 Å². The lowest BCUT2D eigenvalue weighted by molar-refractivity contribution is -0.140. The van der Waals surface area contributed by atoms with E-state index in [0.717, 1.165) is 12.0 Å². The van der Waals surface area contributed by atoms with Gasteiger partial charge in [-0.3, -0.25) is 14.4 Å². The molecule has 1 aromatic rings. The standard InChI is InChI=1S/C30H43N3O4/c1-29(2,3)20-26(34)33-16-12-24-23(21-33)11-7-8-13-30(14-17-37-18-15-30)28(36)32-25(27(35)31-24)19-22-9-5-4-6-10-22/h4-10,23-25H,11-21H2,1-3H3,(H,31,35)(H,32,36)/b8-7+/t23-,24+,25-/m1/s1. The van der Waals surface area contributed by atoms with Crippen LogP contribution in [0.2, 0.25) is 0 Å². The Kier molecular flexibility index (Phi) is 8.73. The molecule has 3 heterocycles. The number of benzene rings is 1. The fraction of sp³-hybridized carbons (Fsp3) is 0.633. The number of likely N-dealkylation sites (tertiary alicyclic amines) is 1. The number of nitrogens with zero attached hydrogens (tertiary/aromatic N) is 1. The SMILES string of the molecule is CC(C)(C)CC(=O)N1CC[C@@H]2NC(=O)[C@@H](Cc3ccccc3)NC(=O)C3(C/C=C/C[C@@H]2C1)CCOCC3. The van der Waals surface area contributed by atoms with Crippen molar-refractivity contribution in [3.05, 3.63) is 48.0 Å². The quantitative estimate of drug-likeness (QED) is 0.609. The van der Waals surface area contributed by atoms with Gasteiger partial charge in [-0.15, -0.1) is 0 Å². The third-order valence-electron chi connectivity index (χ3n) is 8.05. The summed E-state index contributed by atoms with van der Waals surface area (Å²) in [7, 11) is 0. The van der Waals surface area contributed by atoms with E-state index in [0.29, 0.717) is 64.8 Å². The number of carbonyl (C=O) groups is 3. The van der Waals surface area contributed by atoms with Crippen molar-refractivity contribution < 1.29 is 19.1 Å². The molecule has 0 radical (unpaired) electrons. The van der Waals surface area contributed by atoms with Gasteiger partial charge in [0, 0.05) is 51.1 Å². The van der Waals surface area contributed by atoms with Crippen molar-refractivity contribution in [2.45, 2.75) is 77.8 Å². The first kappa shape index (κ1) is 27.4. The van der Waals surface area contributed by atoms with Gasteiger partial charge in [-0.05, 0) is 43.1 Å². The molecule has 2 saturated heterocycles. The van der Waals surface area contributed by atoms with E-state index < -0.39 is 11.5 Å². The van der Waals surface area contributed by atoms with Crippen LogP contribution in [0.3, 0.4) is 0 Å². The molecule has 0 saturated carbocycles. The smallest absolute Gasteiger partial charge is 0.243 e. The number of carbonyl (C=O) groups excluding carboxylic acids is 3. The van der Waals surface area contributed by atoms with Crippen molar-refractivity contribution in [3.63, 3.8) is 0 Å². The van der Waals surface area contributed by atoms with E-state index in [-0.39, 0.29) is 35.1 Å². The summed E-state index contributed by atoms with van der Waals surface area (Å²) >= 11 is 0. The second kappa shape index (κ2) is 11.8. The number of hydrogen-bond acceptors (Lipinski definition) is 4. The molecular weight excluding hydrogens is 466 g/mol. The number of fused-ring (bicyclic) bond motifs is 1. The highest BCUT2D eigenvalue weighted by molar-refractivity contribution is 5.90. The van der Waals surface area contributed by atoms with E-state index in [1.165, 1.54) is 0 Å². The van der Waals surface area contributed by atoms with Crippen LogP contribution in [-0.2, 0) is 25.5 Å². The van der Waals surface area contributed by atoms with Gasteiger partial charge in [0.25, 0.3) is 0 Å². The van der Waals surface area contributed by atoms with Gasteiger partial charge in [0.1, 0.15) is 6.04 Å². The highest BCUT2D eigenvalue weighted by atomic mass is 16.5. The molecule has 0 aromatic heterocycles. The van der Waals surface area contributed by atoms with E-state index in [4.69, 9.17) is 4.74 Å². The van der Waals surface area contributed by atoms with Crippen molar-refractivity contribution in [1.29, 1.82) is 0 Å². The number of ether oxygens (including phenoxy) is 1. The predicted octanol–water partition coefficient (Wildman–Crippen LogP) is 3.63. The Labute approximate surface area is 221 Å². The molecule has 7 nitrogen and oxygen atoms in total. The molecular formula is C30H43N3O4. The minimum atomic E-state index is -0.653. The number of nitrogens with one attached hydrogen (secondary N) is 2. The van der Waals surface area contributed by atoms with E-state index in [9.17, 15) is 14.4 Å². The average Bonchev–Trinajstić information content (AvgIpc) is 2.86. The Morgan fingerprint density at radius 3 is 2.51 bits per heavy atom. The predicted molar refractivity (Wildman–Crippen MR) is 144 cm³/mol. The highest BCUT2D eigenvalue weighted by Gasteiger charge is 2.41. The van der Waals surface area contributed by atoms with Gasteiger partial charge in [-0.25, -0.2) is 0 Å². The molecule has 1 aromatic carbocycles. The highest BCUT2D eigenvalue weighted by Crippen LogP contribution is 2.36. The lowest BCUT2D eigenvalue weighted by Crippen LogP contribution is -2.58. The number of rotatable bonds is 3. The molecule has 1 spiro atoms. The summed E-state index contributed by atoms with van der Waals surface area (Å²) in [6.07, 6.45) is 8.63. The van der Waals surface area contributed by atoms with Crippen LogP contribution in [0.5, 0.6) is 0 Å². The lowest BCUT2D eigenvalue weighted by atomic mass is 9.75. The maximum absolute atomic E-state index is 13.7. The lowest BCUT2D eigenvalue weighted by Gasteiger charge is -2.41. The Balaban J connectivity index is 1.57. The van der Waals surface area contributed by atoms with E-state index in [2.05, 4.69) is 43.6 Å². The minimum absolute atomic E-state index is 0.0394. The minimum Gasteiger partial charge on any atom is -0.381 e. The molecule has 3 atom stereocenters. The van der Waals surface area contributed by atoms with Crippen molar-refractivity contribution in [2.24, 2.45) is 16.7 Å². The van der Waals surface area contributed by atoms with Crippen LogP contribution in [0.15, 0.2) is 42.5 Å². The fourth-order valence-corrected chi connectivity index (χ4v) is 5.77. The van der Waals surface area contributed by atoms with Crippen molar-refractivity contribution >= 4 is 17.7 Å². The number of hydrogen-bond donors (Lipinski definition) is 2. The summed E-state index contributed by atoms with van der Waals surface area (Å²) in [5.41, 5.74) is 0.384. The zero-order chi connectivity index (χ0) is 26.5. The number of allylic oxidation sites excluding steroid dienone is 2. The second-order valence-corrected chi connectivity index (χ2v) is 12.3. The summed E-state index contributed by atoms with van der Waals surface area (Å²) < 4.78 is 5.58. The van der Waals surface area contributed by atoms with Crippen LogP contribution in [0.4, 0.5) is 0 Å². The van der Waals surface area contributed by atoms with Crippen molar-refractivity contribution in [1.82, 2.24) is 15.5 Å². The van der Waals surface area contributed by atoms with Crippen LogP contribution in [0, 0.1) is 16.7 Å². The zero-order valence-corrected chi connectivity index (χ0v) is 22.6. The Hall–Kier alpha value is -2.67. The van der Waals surface area contributed by atoms with Gasteiger partial charge >= 0.3 is 0 Å². The topological polar surface area (TPSA) is 87.7 Å². The molecule has 3 aliphatic heterocycles. The first-order chi connectivity index (χ1) is 17.7. The van der Waals surface area contributed by atoms with Crippen LogP contribution in [-0.4, -0.2) is 61.0 Å². The number of amides is 3. The summed E-state index contributed by atoms with van der Waals surface area (Å²) in [4.78, 5) is 42.3. The van der Waals surface area contributed by atoms with Crippen LogP contribution in [0.1, 0.15) is 64.9 Å². The monoisotopic (exact) mass is 509 g/mol. The fourth-order valence-electron chi connectivity index (χ4n) is 5.77. The molecule has 202 valence electrons. The van der Waals surface area contributed by atoms with Gasteiger partial charge in [0.05, 0.1) is 5.41 Å². The average molecular weight is 510 g/mol. The second-order valence-electron chi connectivity index (χ2n) is 12.3. The Bertz CT molecular complexity index is 978. The molecule has 0 aliphatic carbocycles. The Morgan fingerprint density at radius 1 is 1.08 bits per heavy atom. The zero-order valence-electron chi connectivity index (χ0n) is 22.6. The van der Waals surface area contributed by atoms with Gasteiger partial charge < -0.3 is 20.3 Å². The summed E-state index contributed by atoms with van der Waals surface area (Å²) in [6, 6.07) is 9.15. The largest absolute Gasteiger partial charge is 0.381 e. The maximum atomic E-state index is 13.7. The molecule has 37 heavy (non-hydrogen) atoms. The third-order valence-corrected chi connectivity index (χ3v) is 8.05. The first-order valence-electron chi connectivity index (χ1n) is 13.8. The van der Waals surface area contributed by atoms with Crippen molar-refractivity contribution in [2.75, 3.05) is 26.3 Å². The third kappa shape index (κ3) is 7.22. The number of piperidine rings is 1. The first-order valence-corrected chi connectivity index (χ1v) is 13.8. The molecule has 4 rings (SSSR count). The van der Waals surface area contributed by atoms with Crippen LogP contribution < -0.4 is 10.6 Å². The maximum Gasteiger partial charge on any atom is 0.243 e. The molecule has 0 unspecified atom stereocenters. The molecule has 0 bridgehead atoms. The van der Waals surface area contributed by atoms with E-state index in [1.807, 2.05) is 35.2 Å². The Morgan fingerprint density at radius 2 is 1.81 bits per heavy atom. The van der Waals surface area contributed by atoms with Crippen molar-refractivity contribution in [3.8, 4) is 0 Å². The van der Waals surface area contributed by atoms with Gasteiger partial charge in [0.2, 0.25) is 17.7 Å². The van der Waals surface area contributed by atoms with Gasteiger partial charge in [0.15, 0.2) is 0 Å². The summed E-state index contributed by atoms with van der Waals surface area (Å²) in [5.74, 6) is 0.114. The van der Waals surface area contributed by atoms with Gasteiger partial charge in [-0.2, -0.15) is 0 Å². The molecule has 3 aliphatic rings. The molecule has 3 amide bonds. The van der Waals surface area contributed by atoms with E-state index >= 15 is 0 Å². The van der Waals surface area contributed by atoms with Crippen LogP contribution in [0.25, 0.3) is 0 Å².